The van der Waals surface area contributed by atoms with E-state index in [-0.39, 0.29) is 5.69 Å². The monoisotopic (exact) mass is 428 g/mol. The molecule has 0 bridgehead atoms. The van der Waals surface area contributed by atoms with Gasteiger partial charge in [0.2, 0.25) is 0 Å². The predicted molar refractivity (Wildman–Crippen MR) is 122 cm³/mol. The van der Waals surface area contributed by atoms with Crippen molar-refractivity contribution in [1.82, 2.24) is 24.6 Å². The van der Waals surface area contributed by atoms with Gasteiger partial charge in [-0.2, -0.15) is 5.10 Å². The summed E-state index contributed by atoms with van der Waals surface area (Å²) in [5, 5.41) is 7.99. The van der Waals surface area contributed by atoms with Crippen LogP contribution in [0.25, 0.3) is 0 Å². The molecule has 7 nitrogen and oxygen atoms in total. The van der Waals surface area contributed by atoms with Crippen molar-refractivity contribution in [2.75, 3.05) is 32.4 Å². The lowest BCUT2D eigenvalue weighted by atomic mass is 10.2. The average molecular weight is 429 g/mol. The van der Waals surface area contributed by atoms with Gasteiger partial charge < -0.3 is 10.2 Å². The minimum absolute atomic E-state index is 0.0485. The van der Waals surface area contributed by atoms with Crippen LogP contribution in [0.4, 0.5) is 0 Å². The second kappa shape index (κ2) is 10.2. The van der Waals surface area contributed by atoms with Crippen LogP contribution in [-0.2, 0) is 19.5 Å². The molecule has 1 saturated heterocycles. The summed E-state index contributed by atoms with van der Waals surface area (Å²) in [6.45, 7) is 4.36. The van der Waals surface area contributed by atoms with E-state index in [1.807, 2.05) is 23.4 Å². The van der Waals surface area contributed by atoms with Gasteiger partial charge in [-0.15, -0.1) is 11.8 Å². The third kappa shape index (κ3) is 5.09. The Bertz CT molecular complexity index is 906. The Morgan fingerprint density at radius 1 is 1.27 bits per heavy atom. The second-order valence-electron chi connectivity index (χ2n) is 8.08. The highest BCUT2D eigenvalue weighted by Crippen LogP contribution is 2.25. The average Bonchev–Trinajstić information content (AvgIpc) is 3.38. The fourth-order valence-electron chi connectivity index (χ4n) is 4.25. The molecule has 1 atom stereocenters. The molecule has 2 aliphatic heterocycles. The quantitative estimate of drug-likeness (QED) is 0.318. The summed E-state index contributed by atoms with van der Waals surface area (Å²) < 4.78 is 3.48. The van der Waals surface area contributed by atoms with Crippen molar-refractivity contribution in [2.45, 2.75) is 50.1 Å². The summed E-state index contributed by atoms with van der Waals surface area (Å²) in [4.78, 5) is 20.6. The van der Waals surface area contributed by atoms with Gasteiger partial charge >= 0.3 is 5.69 Å². The second-order valence-corrected chi connectivity index (χ2v) is 9.18. The SMILES string of the molecule is CN=C(NCCCn1nc2n(c1=O)CCCC2)N1CCC(CSc2ccccc2)C1. The summed E-state index contributed by atoms with van der Waals surface area (Å²) >= 11 is 1.94. The van der Waals surface area contributed by atoms with Crippen molar-refractivity contribution >= 4 is 17.7 Å². The van der Waals surface area contributed by atoms with E-state index >= 15 is 0 Å². The first-order chi connectivity index (χ1) is 14.7. The van der Waals surface area contributed by atoms with Gasteiger partial charge in [0.1, 0.15) is 5.82 Å². The largest absolute Gasteiger partial charge is 0.356 e. The number of rotatable bonds is 7. The van der Waals surface area contributed by atoms with Crippen molar-refractivity contribution in [3.63, 3.8) is 0 Å². The highest BCUT2D eigenvalue weighted by Gasteiger charge is 2.24. The molecule has 0 amide bonds. The molecule has 162 valence electrons. The lowest BCUT2D eigenvalue weighted by Gasteiger charge is -2.21. The van der Waals surface area contributed by atoms with Crippen LogP contribution >= 0.6 is 11.8 Å². The number of likely N-dealkylation sites (tertiary alicyclic amines) is 1. The molecule has 3 heterocycles. The number of guanidine groups is 1. The van der Waals surface area contributed by atoms with Gasteiger partial charge in [0, 0.05) is 56.8 Å². The van der Waals surface area contributed by atoms with E-state index in [1.54, 1.807) is 4.68 Å². The van der Waals surface area contributed by atoms with Gasteiger partial charge in [0.25, 0.3) is 0 Å². The van der Waals surface area contributed by atoms with Gasteiger partial charge in [0.15, 0.2) is 5.96 Å². The molecular formula is C22H32N6OS. The van der Waals surface area contributed by atoms with E-state index in [1.165, 1.54) is 11.3 Å². The maximum atomic E-state index is 12.4. The Morgan fingerprint density at radius 2 is 2.13 bits per heavy atom. The zero-order chi connectivity index (χ0) is 20.8. The number of aliphatic imine (C=N–C) groups is 1. The highest BCUT2D eigenvalue weighted by molar-refractivity contribution is 7.99. The molecule has 1 unspecified atom stereocenters. The number of thioether (sulfide) groups is 1. The number of aryl methyl sites for hydroxylation is 2. The molecule has 2 aromatic rings. The smallest absolute Gasteiger partial charge is 0.345 e. The minimum Gasteiger partial charge on any atom is -0.356 e. The normalized spacial score (nSPS) is 19.2. The number of hydrogen-bond donors (Lipinski definition) is 1. The van der Waals surface area contributed by atoms with Gasteiger partial charge in [-0.05, 0) is 43.7 Å². The zero-order valence-corrected chi connectivity index (χ0v) is 18.6. The molecule has 0 saturated carbocycles. The van der Waals surface area contributed by atoms with E-state index in [2.05, 4.69) is 50.6 Å². The summed E-state index contributed by atoms with van der Waals surface area (Å²) in [5.74, 6) is 3.75. The van der Waals surface area contributed by atoms with Gasteiger partial charge in [-0.1, -0.05) is 18.2 Å². The molecule has 1 aromatic heterocycles. The third-order valence-corrected chi connectivity index (χ3v) is 7.13. The number of aromatic nitrogens is 3. The zero-order valence-electron chi connectivity index (χ0n) is 17.8. The molecule has 0 aliphatic carbocycles. The van der Waals surface area contributed by atoms with Crippen LogP contribution in [0.5, 0.6) is 0 Å². The highest BCUT2D eigenvalue weighted by atomic mass is 32.2. The number of hydrogen-bond acceptors (Lipinski definition) is 4. The van der Waals surface area contributed by atoms with E-state index in [0.29, 0.717) is 12.5 Å². The Balaban J connectivity index is 1.20. The Morgan fingerprint density at radius 3 is 2.93 bits per heavy atom. The lowest BCUT2D eigenvalue weighted by Crippen LogP contribution is -2.41. The third-order valence-electron chi connectivity index (χ3n) is 5.89. The molecular weight excluding hydrogens is 396 g/mol. The van der Waals surface area contributed by atoms with Crippen LogP contribution in [0.3, 0.4) is 0 Å². The molecule has 8 heteroatoms. The molecule has 1 fully saturated rings. The van der Waals surface area contributed by atoms with Crippen molar-refractivity contribution in [1.29, 1.82) is 0 Å². The molecule has 30 heavy (non-hydrogen) atoms. The van der Waals surface area contributed by atoms with Crippen molar-refractivity contribution < 1.29 is 0 Å². The first-order valence-corrected chi connectivity index (χ1v) is 12.0. The molecule has 1 N–H and O–H groups in total. The standard InChI is InChI=1S/C22H32N6OS/c1-23-21(26-15-11-18(16-26)17-30-19-8-3-2-4-9-19)24-12-7-14-28-22(29)27-13-6-5-10-20(27)25-28/h2-4,8-9,18H,5-7,10-17H2,1H3,(H,23,24). The van der Waals surface area contributed by atoms with Crippen LogP contribution in [0.1, 0.15) is 31.5 Å². The molecule has 0 radical (unpaired) electrons. The number of nitrogens with one attached hydrogen (secondary N) is 1. The van der Waals surface area contributed by atoms with Crippen molar-refractivity contribution in [3.8, 4) is 0 Å². The summed E-state index contributed by atoms with van der Waals surface area (Å²) in [5.41, 5.74) is 0.0485. The molecule has 4 rings (SSSR count). The van der Waals surface area contributed by atoms with Gasteiger partial charge in [0.05, 0.1) is 0 Å². The van der Waals surface area contributed by atoms with Crippen LogP contribution in [-0.4, -0.2) is 57.6 Å². The van der Waals surface area contributed by atoms with E-state index in [4.69, 9.17) is 0 Å². The number of fused-ring (bicyclic) bond motifs is 1. The predicted octanol–water partition coefficient (Wildman–Crippen LogP) is 2.46. The van der Waals surface area contributed by atoms with Gasteiger partial charge in [-0.3, -0.25) is 9.56 Å². The van der Waals surface area contributed by atoms with Crippen LogP contribution in [0.2, 0.25) is 0 Å². The fourth-order valence-corrected chi connectivity index (χ4v) is 5.30. The van der Waals surface area contributed by atoms with Crippen molar-refractivity contribution in [2.24, 2.45) is 10.9 Å². The van der Waals surface area contributed by atoms with Crippen LogP contribution in [0, 0.1) is 5.92 Å². The summed E-state index contributed by atoms with van der Waals surface area (Å²) in [6.07, 6.45) is 5.20. The lowest BCUT2D eigenvalue weighted by molar-refractivity contribution is 0.467. The Hall–Kier alpha value is -2.22. The topological polar surface area (TPSA) is 67.5 Å². The molecule has 2 aliphatic rings. The maximum absolute atomic E-state index is 12.4. The van der Waals surface area contributed by atoms with Crippen LogP contribution < -0.4 is 11.0 Å². The molecule has 0 spiro atoms. The van der Waals surface area contributed by atoms with E-state index < -0.39 is 0 Å². The number of nitrogens with zero attached hydrogens (tertiary/aromatic N) is 5. The Kier molecular flexibility index (Phi) is 7.15. The van der Waals surface area contributed by atoms with Gasteiger partial charge in [-0.25, -0.2) is 9.48 Å². The van der Waals surface area contributed by atoms with Crippen molar-refractivity contribution in [3.05, 3.63) is 46.6 Å². The summed E-state index contributed by atoms with van der Waals surface area (Å²) in [6, 6.07) is 10.6. The molecule has 1 aromatic carbocycles. The van der Waals surface area contributed by atoms with E-state index in [9.17, 15) is 4.79 Å². The fraction of sp³-hybridized carbons (Fsp3) is 0.591. The minimum atomic E-state index is 0.0485. The first-order valence-electron chi connectivity index (χ1n) is 11.0. The number of benzene rings is 1. The first kappa shape index (κ1) is 21.0. The maximum Gasteiger partial charge on any atom is 0.345 e. The summed E-state index contributed by atoms with van der Waals surface area (Å²) in [7, 11) is 1.85. The Labute approximate surface area is 182 Å². The van der Waals surface area contributed by atoms with E-state index in [0.717, 1.165) is 69.4 Å². The van der Waals surface area contributed by atoms with Crippen LogP contribution in [0.15, 0.2) is 45.0 Å².